The zero-order chi connectivity index (χ0) is 48.9. The molecule has 12 rings (SSSR count). The Balaban J connectivity index is 0.000000113. The molecule has 4 heterocycles. The van der Waals surface area contributed by atoms with E-state index in [1.165, 1.54) is 89.7 Å². The second-order valence-electron chi connectivity index (χ2n) is 24.2. The summed E-state index contributed by atoms with van der Waals surface area (Å²) in [6.07, 6.45) is 24.9. The number of fused-ring (bicyclic) bond motifs is 8. The van der Waals surface area contributed by atoms with Gasteiger partial charge in [-0.25, -0.2) is 14.4 Å². The Bertz CT molecular complexity index is 2520. The molecule has 0 saturated heterocycles. The Kier molecular flexibility index (Phi) is 12.5. The predicted octanol–water partition coefficient (Wildman–Crippen LogP) is 13.6. The van der Waals surface area contributed by atoms with Crippen LogP contribution in [0.25, 0.3) is 0 Å². The first-order valence-corrected chi connectivity index (χ1v) is 26.0. The average Bonchev–Trinajstić information content (AvgIpc) is 3.92. The lowest BCUT2D eigenvalue weighted by Crippen LogP contribution is -2.48. The molecule has 0 amide bonds. The van der Waals surface area contributed by atoms with Crippen molar-refractivity contribution >= 4 is 17.9 Å². The fourth-order valence-corrected chi connectivity index (χ4v) is 15.2. The number of hydrogen-bond acceptors (Lipinski definition) is 8. The van der Waals surface area contributed by atoms with Crippen molar-refractivity contribution in [3.63, 3.8) is 0 Å². The Hall–Kier alpha value is -4.43. The lowest BCUT2D eigenvalue weighted by atomic mass is 9.56. The molecule has 0 radical (unpaired) electrons. The lowest BCUT2D eigenvalue weighted by Gasteiger charge is -2.50. The summed E-state index contributed by atoms with van der Waals surface area (Å²) < 4.78 is 21.8. The SMILES string of the molecule is C=C1CCC[C@]2(C)C=C3OC(=O)C(C)=C3C[C@@H]12.C=C1CCC[C@]2(C)C[C@@H]3OC(=O)C(C)=C3C[C@@H]12.C=C1CCC[C@]2(C)C[C@]3(O)OC(=O)C(C)=C3C[C@@H]12.C=C1CCC[C@]2(C)Cc3occ(C)c3C[C@@H]12. The van der Waals surface area contributed by atoms with Gasteiger partial charge in [-0.15, -0.1) is 0 Å². The van der Waals surface area contributed by atoms with E-state index in [-0.39, 0.29) is 34.8 Å². The Morgan fingerprint density at radius 1 is 0.632 bits per heavy atom. The number of ether oxygens (including phenoxy) is 3. The van der Waals surface area contributed by atoms with E-state index in [1.807, 2.05) is 20.1 Å². The predicted molar refractivity (Wildman–Crippen MR) is 265 cm³/mol. The summed E-state index contributed by atoms with van der Waals surface area (Å²) in [5.74, 6) is 2.20. The summed E-state index contributed by atoms with van der Waals surface area (Å²) in [6, 6.07) is 0. The van der Waals surface area contributed by atoms with Crippen LogP contribution < -0.4 is 0 Å². The fourth-order valence-electron chi connectivity index (χ4n) is 15.2. The number of allylic oxidation sites excluding steroid dienone is 6. The molecule has 6 fully saturated rings. The molecule has 8 aliphatic carbocycles. The summed E-state index contributed by atoms with van der Waals surface area (Å²) >= 11 is 0. The topological polar surface area (TPSA) is 112 Å². The van der Waals surface area contributed by atoms with Crippen molar-refractivity contribution in [1.29, 1.82) is 0 Å². The van der Waals surface area contributed by atoms with E-state index in [4.69, 9.17) is 18.6 Å². The summed E-state index contributed by atoms with van der Waals surface area (Å²) in [4.78, 5) is 34.9. The second-order valence-corrected chi connectivity index (χ2v) is 24.2. The first kappa shape index (κ1) is 48.6. The first-order chi connectivity index (χ1) is 32.0. The molecular formula is C60H78O8. The van der Waals surface area contributed by atoms with Crippen molar-refractivity contribution in [3.05, 3.63) is 117 Å². The standard InChI is InChI=1S/C15H20O3.C15H20O2.C15H18O2.C15H20O/c1-9-5-4-6-14(3)8-15(17)12(7-11(9)14)10(2)13(16)18-15;2*1-9-5-4-6-15(3)8-13-11(7-12(9)15)10(2)14(16)17-13;1-10-5-4-6-15(3)8-14-12(7-13(10)15)11(2)9-16-14/h11,17H,1,4-8H2,2-3H3;12-13H,1,4-8H2,2-3H3;8,12H,1,4-7H2,2-3H3;9,13H,1,4-8H2,2-3H3/t11-,14+,15-;12-,13-,15+;12-,15+;13-,15+/m0000/s1. The van der Waals surface area contributed by atoms with Gasteiger partial charge in [0.1, 0.15) is 17.6 Å². The van der Waals surface area contributed by atoms with Gasteiger partial charge >= 0.3 is 17.9 Å². The molecule has 0 bridgehead atoms. The molecule has 68 heavy (non-hydrogen) atoms. The van der Waals surface area contributed by atoms with Crippen molar-refractivity contribution in [2.24, 2.45) is 45.3 Å². The first-order valence-electron chi connectivity index (χ1n) is 26.0. The molecule has 8 nitrogen and oxygen atoms in total. The molecule has 11 aliphatic rings. The zero-order valence-corrected chi connectivity index (χ0v) is 42.6. The molecule has 366 valence electrons. The number of furan rings is 1. The third-order valence-electron chi connectivity index (χ3n) is 19.6. The fraction of sp³-hybridized carbons (Fsp3) is 0.617. The van der Waals surface area contributed by atoms with E-state index in [1.54, 1.807) is 6.92 Å². The van der Waals surface area contributed by atoms with Gasteiger partial charge in [0.25, 0.3) is 0 Å². The lowest BCUT2D eigenvalue weighted by molar-refractivity contribution is -0.203. The number of carbonyl (C=O) groups is 3. The van der Waals surface area contributed by atoms with Crippen LogP contribution in [0.2, 0.25) is 0 Å². The number of aryl methyl sites for hydroxylation is 1. The van der Waals surface area contributed by atoms with Crippen molar-refractivity contribution < 1.29 is 38.1 Å². The Morgan fingerprint density at radius 3 is 1.87 bits per heavy atom. The molecule has 0 aromatic carbocycles. The molecule has 0 unspecified atom stereocenters. The van der Waals surface area contributed by atoms with E-state index in [0.29, 0.717) is 46.5 Å². The van der Waals surface area contributed by atoms with Crippen LogP contribution in [-0.2, 0) is 41.4 Å². The number of esters is 3. The van der Waals surface area contributed by atoms with Crippen molar-refractivity contribution in [2.45, 2.75) is 189 Å². The highest BCUT2D eigenvalue weighted by molar-refractivity contribution is 5.94. The molecule has 1 aromatic heterocycles. The normalized spacial score (nSPS) is 38.8. The smallest absolute Gasteiger partial charge is 0.339 e. The monoisotopic (exact) mass is 927 g/mol. The van der Waals surface area contributed by atoms with Crippen LogP contribution in [-0.4, -0.2) is 34.9 Å². The van der Waals surface area contributed by atoms with Crippen molar-refractivity contribution in [2.75, 3.05) is 0 Å². The number of rotatable bonds is 0. The van der Waals surface area contributed by atoms with Gasteiger partial charge in [0.05, 0.1) is 6.26 Å². The van der Waals surface area contributed by atoms with Crippen molar-refractivity contribution in [1.82, 2.24) is 0 Å². The van der Waals surface area contributed by atoms with Gasteiger partial charge < -0.3 is 23.7 Å². The Morgan fingerprint density at radius 2 is 1.21 bits per heavy atom. The summed E-state index contributed by atoms with van der Waals surface area (Å²) in [5.41, 5.74) is 14.5. The van der Waals surface area contributed by atoms with Crippen LogP contribution in [0.4, 0.5) is 0 Å². The minimum Gasteiger partial charge on any atom is -0.469 e. The molecule has 0 spiro atoms. The number of hydrogen-bond donors (Lipinski definition) is 1. The van der Waals surface area contributed by atoms with E-state index >= 15 is 0 Å². The van der Waals surface area contributed by atoms with E-state index in [0.717, 1.165) is 98.7 Å². The molecule has 1 N–H and O–H groups in total. The molecule has 1 aromatic rings. The third kappa shape index (κ3) is 8.34. The average molecular weight is 927 g/mol. The molecule has 6 saturated carbocycles. The summed E-state index contributed by atoms with van der Waals surface area (Å²) in [5, 5.41) is 10.6. The summed E-state index contributed by atoms with van der Waals surface area (Å²) in [7, 11) is 0. The maximum Gasteiger partial charge on any atom is 0.339 e. The third-order valence-corrected chi connectivity index (χ3v) is 19.6. The molecular weight excluding hydrogens is 849 g/mol. The highest BCUT2D eigenvalue weighted by Gasteiger charge is 2.57. The van der Waals surface area contributed by atoms with Gasteiger partial charge in [-0.05, 0) is 205 Å². The molecule has 8 heteroatoms. The van der Waals surface area contributed by atoms with Crippen LogP contribution in [0.1, 0.15) is 175 Å². The number of carbonyl (C=O) groups excluding carboxylic acids is 3. The highest BCUT2D eigenvalue weighted by atomic mass is 16.7. The van der Waals surface area contributed by atoms with Gasteiger partial charge in [-0.1, -0.05) is 76.3 Å². The van der Waals surface area contributed by atoms with E-state index < -0.39 is 5.79 Å². The minimum absolute atomic E-state index is 0.0124. The molecule has 3 aliphatic heterocycles. The minimum atomic E-state index is -1.34. The van der Waals surface area contributed by atoms with Crippen LogP contribution in [0.15, 0.2) is 105 Å². The van der Waals surface area contributed by atoms with Gasteiger partial charge in [0.2, 0.25) is 5.79 Å². The van der Waals surface area contributed by atoms with E-state index in [9.17, 15) is 19.5 Å². The zero-order valence-electron chi connectivity index (χ0n) is 42.6. The van der Waals surface area contributed by atoms with Crippen LogP contribution in [0.3, 0.4) is 0 Å². The van der Waals surface area contributed by atoms with Crippen LogP contribution >= 0.6 is 0 Å². The number of aliphatic hydroxyl groups is 1. The maximum absolute atomic E-state index is 11.7. The summed E-state index contributed by atoms with van der Waals surface area (Å²) in [6.45, 7) is 33.9. The van der Waals surface area contributed by atoms with Gasteiger partial charge in [-0.2, -0.15) is 0 Å². The van der Waals surface area contributed by atoms with E-state index in [2.05, 4.69) is 67.0 Å². The largest absolute Gasteiger partial charge is 0.469 e. The van der Waals surface area contributed by atoms with Gasteiger partial charge in [0.15, 0.2) is 0 Å². The highest BCUT2D eigenvalue weighted by Crippen LogP contribution is 2.60. The van der Waals surface area contributed by atoms with Crippen LogP contribution in [0, 0.1) is 52.3 Å². The van der Waals surface area contributed by atoms with Gasteiger partial charge in [0, 0.05) is 40.7 Å². The van der Waals surface area contributed by atoms with Gasteiger partial charge in [-0.3, -0.25) is 0 Å². The maximum atomic E-state index is 11.7. The second kappa shape index (κ2) is 17.5. The quantitative estimate of drug-likeness (QED) is 0.156. The van der Waals surface area contributed by atoms with Crippen molar-refractivity contribution in [3.8, 4) is 0 Å². The molecule has 10 atom stereocenters. The Labute approximate surface area is 406 Å². The van der Waals surface area contributed by atoms with Crippen LogP contribution in [0.5, 0.6) is 0 Å².